The van der Waals surface area contributed by atoms with Gasteiger partial charge in [-0.1, -0.05) is 5.16 Å². The first-order chi connectivity index (χ1) is 6.36. The average Bonchev–Trinajstić information content (AvgIpc) is 2.59. The number of nitrogens with zero attached hydrogens (tertiary/aromatic N) is 2. The molecule has 0 aromatic carbocycles. The number of aromatic nitrogens is 2. The van der Waals surface area contributed by atoms with E-state index in [1.165, 1.54) is 0 Å². The van der Waals surface area contributed by atoms with Gasteiger partial charge in [-0.3, -0.25) is 0 Å². The molecule has 13 heavy (non-hydrogen) atoms. The smallest absolute Gasteiger partial charge is 0.226 e. The molecule has 0 aliphatic rings. The molecule has 1 heterocycles. The van der Waals surface area contributed by atoms with E-state index in [0.29, 0.717) is 37.6 Å². The summed E-state index contributed by atoms with van der Waals surface area (Å²) in [5.41, 5.74) is 0. The van der Waals surface area contributed by atoms with Crippen LogP contribution < -0.4 is 0 Å². The molecule has 0 unspecified atom stereocenters. The van der Waals surface area contributed by atoms with Gasteiger partial charge < -0.3 is 14.4 Å². The lowest BCUT2D eigenvalue weighted by Crippen LogP contribution is -1.96. The van der Waals surface area contributed by atoms with Crippen molar-refractivity contribution in [1.29, 1.82) is 0 Å². The first kappa shape index (κ1) is 10.1. The van der Waals surface area contributed by atoms with Crippen LogP contribution in [-0.2, 0) is 17.6 Å². The van der Waals surface area contributed by atoms with E-state index in [2.05, 4.69) is 10.1 Å². The topological polar surface area (TPSA) is 68.4 Å². The van der Waals surface area contributed by atoms with Crippen molar-refractivity contribution in [3.05, 3.63) is 11.7 Å². The third-order valence-electron chi connectivity index (χ3n) is 1.59. The third-order valence-corrected chi connectivity index (χ3v) is 1.59. The van der Waals surface area contributed by atoms with Gasteiger partial charge in [0.15, 0.2) is 5.82 Å². The first-order valence-electron chi connectivity index (χ1n) is 4.28. The minimum absolute atomic E-state index is 0.149. The van der Waals surface area contributed by atoms with Crippen molar-refractivity contribution in [2.24, 2.45) is 0 Å². The summed E-state index contributed by atoms with van der Waals surface area (Å²) in [5, 5.41) is 12.3. The molecular weight excluding hydrogens is 172 g/mol. The van der Waals surface area contributed by atoms with Crippen molar-refractivity contribution >= 4 is 0 Å². The van der Waals surface area contributed by atoms with Gasteiger partial charge >= 0.3 is 0 Å². The van der Waals surface area contributed by atoms with Gasteiger partial charge in [0.05, 0.1) is 6.61 Å². The van der Waals surface area contributed by atoms with Gasteiger partial charge in [0.2, 0.25) is 5.89 Å². The van der Waals surface area contributed by atoms with Crippen molar-refractivity contribution < 1.29 is 14.4 Å². The van der Waals surface area contributed by atoms with Crippen LogP contribution in [0.25, 0.3) is 0 Å². The van der Waals surface area contributed by atoms with Crippen LogP contribution in [0, 0.1) is 0 Å². The van der Waals surface area contributed by atoms with E-state index in [-0.39, 0.29) is 6.61 Å². The molecule has 74 valence electrons. The molecule has 5 heteroatoms. The van der Waals surface area contributed by atoms with Crippen LogP contribution >= 0.6 is 0 Å². The maximum atomic E-state index is 8.57. The highest BCUT2D eigenvalue weighted by atomic mass is 16.5. The Kier molecular flexibility index (Phi) is 4.42. The first-order valence-corrected chi connectivity index (χ1v) is 4.28. The number of aliphatic hydroxyl groups excluding tert-OH is 1. The number of methoxy groups -OCH3 is 1. The highest BCUT2D eigenvalue weighted by Crippen LogP contribution is 2.01. The number of hydrogen-bond acceptors (Lipinski definition) is 5. The van der Waals surface area contributed by atoms with E-state index in [1.807, 2.05) is 0 Å². The molecular formula is C8H14N2O3. The van der Waals surface area contributed by atoms with E-state index >= 15 is 0 Å². The monoisotopic (exact) mass is 186 g/mol. The lowest BCUT2D eigenvalue weighted by Gasteiger charge is -1.90. The summed E-state index contributed by atoms with van der Waals surface area (Å²) in [4.78, 5) is 4.12. The highest BCUT2D eigenvalue weighted by Gasteiger charge is 2.04. The van der Waals surface area contributed by atoms with Crippen molar-refractivity contribution in [3.63, 3.8) is 0 Å². The molecule has 0 fully saturated rings. The molecule has 0 aliphatic carbocycles. The number of rotatable bonds is 6. The summed E-state index contributed by atoms with van der Waals surface area (Å²) in [7, 11) is 1.63. The molecule has 1 aromatic rings. The van der Waals surface area contributed by atoms with Crippen LogP contribution in [-0.4, -0.2) is 35.6 Å². The van der Waals surface area contributed by atoms with E-state index in [4.69, 9.17) is 14.4 Å². The molecule has 0 bridgehead atoms. The molecule has 0 saturated carbocycles. The molecule has 0 atom stereocenters. The van der Waals surface area contributed by atoms with Crippen LogP contribution in [0.15, 0.2) is 4.52 Å². The Morgan fingerprint density at radius 2 is 2.31 bits per heavy atom. The SMILES string of the molecule is COCCc1noc(CCCO)n1. The zero-order chi connectivity index (χ0) is 9.52. The highest BCUT2D eigenvalue weighted by molar-refractivity contribution is 4.86. The van der Waals surface area contributed by atoms with Crippen LogP contribution in [0.3, 0.4) is 0 Å². The molecule has 1 aromatic heterocycles. The average molecular weight is 186 g/mol. The number of aliphatic hydroxyl groups is 1. The van der Waals surface area contributed by atoms with Crippen LogP contribution in [0.2, 0.25) is 0 Å². The quantitative estimate of drug-likeness (QED) is 0.686. The zero-order valence-corrected chi connectivity index (χ0v) is 7.69. The Balaban J connectivity index is 2.34. The second kappa shape index (κ2) is 5.66. The standard InChI is InChI=1S/C8H14N2O3/c1-12-6-4-7-9-8(13-10-7)3-2-5-11/h11H,2-6H2,1H3. The maximum absolute atomic E-state index is 8.57. The Bertz CT molecular complexity index is 215. The van der Waals surface area contributed by atoms with Gasteiger partial charge in [0.25, 0.3) is 0 Å². The Morgan fingerprint density at radius 3 is 3.00 bits per heavy atom. The van der Waals surface area contributed by atoms with Gasteiger partial charge in [-0.15, -0.1) is 0 Å². The molecule has 1 rings (SSSR count). The predicted octanol–water partition coefficient (Wildman–Crippen LogP) is 0.183. The fourth-order valence-corrected chi connectivity index (χ4v) is 0.917. The van der Waals surface area contributed by atoms with Crippen LogP contribution in [0.5, 0.6) is 0 Å². The van der Waals surface area contributed by atoms with Gasteiger partial charge in [0, 0.05) is 26.6 Å². The Morgan fingerprint density at radius 1 is 1.46 bits per heavy atom. The summed E-state index contributed by atoms with van der Waals surface area (Å²) in [6.45, 7) is 0.745. The van der Waals surface area contributed by atoms with Crippen LogP contribution in [0.1, 0.15) is 18.1 Å². The summed E-state index contributed by atoms with van der Waals surface area (Å²) in [5.74, 6) is 1.25. The molecule has 0 amide bonds. The lowest BCUT2D eigenvalue weighted by atomic mass is 10.3. The van der Waals surface area contributed by atoms with E-state index in [9.17, 15) is 0 Å². The van der Waals surface area contributed by atoms with Gasteiger partial charge in [0.1, 0.15) is 0 Å². The fourth-order valence-electron chi connectivity index (χ4n) is 0.917. The van der Waals surface area contributed by atoms with E-state index < -0.39 is 0 Å². The van der Waals surface area contributed by atoms with E-state index in [1.54, 1.807) is 7.11 Å². The zero-order valence-electron chi connectivity index (χ0n) is 7.69. The Labute approximate surface area is 76.7 Å². The molecule has 0 spiro atoms. The largest absolute Gasteiger partial charge is 0.396 e. The minimum Gasteiger partial charge on any atom is -0.396 e. The lowest BCUT2D eigenvalue weighted by molar-refractivity contribution is 0.199. The summed E-state index contributed by atoms with van der Waals surface area (Å²) in [6, 6.07) is 0. The summed E-state index contributed by atoms with van der Waals surface area (Å²) >= 11 is 0. The Hall–Kier alpha value is -0.940. The molecule has 0 saturated heterocycles. The summed E-state index contributed by atoms with van der Waals surface area (Å²) < 4.78 is 9.81. The molecule has 0 aliphatic heterocycles. The number of ether oxygens (including phenoxy) is 1. The molecule has 0 radical (unpaired) electrons. The molecule has 5 nitrogen and oxygen atoms in total. The van der Waals surface area contributed by atoms with Gasteiger partial charge in [-0.25, -0.2) is 0 Å². The number of hydrogen-bond donors (Lipinski definition) is 1. The molecule has 1 N–H and O–H groups in total. The third kappa shape index (κ3) is 3.52. The fraction of sp³-hybridized carbons (Fsp3) is 0.750. The van der Waals surface area contributed by atoms with Crippen molar-refractivity contribution in [2.75, 3.05) is 20.3 Å². The second-order valence-electron chi connectivity index (χ2n) is 2.67. The second-order valence-corrected chi connectivity index (χ2v) is 2.67. The summed E-state index contributed by atoms with van der Waals surface area (Å²) in [6.07, 6.45) is 1.96. The minimum atomic E-state index is 0.149. The van der Waals surface area contributed by atoms with Crippen molar-refractivity contribution in [2.45, 2.75) is 19.3 Å². The normalized spacial score (nSPS) is 10.6. The van der Waals surface area contributed by atoms with Crippen LogP contribution in [0.4, 0.5) is 0 Å². The predicted molar refractivity (Wildman–Crippen MR) is 45.3 cm³/mol. The number of aryl methyl sites for hydroxylation is 1. The van der Waals surface area contributed by atoms with Gasteiger partial charge in [-0.05, 0) is 6.42 Å². The van der Waals surface area contributed by atoms with Crippen molar-refractivity contribution in [3.8, 4) is 0 Å². The van der Waals surface area contributed by atoms with Gasteiger partial charge in [-0.2, -0.15) is 4.98 Å². The van der Waals surface area contributed by atoms with Crippen molar-refractivity contribution in [1.82, 2.24) is 10.1 Å². The maximum Gasteiger partial charge on any atom is 0.226 e. The van der Waals surface area contributed by atoms with E-state index in [0.717, 1.165) is 0 Å².